The Morgan fingerprint density at radius 3 is 2.39 bits per heavy atom. The van der Waals surface area contributed by atoms with Crippen molar-refractivity contribution < 1.29 is 23.4 Å². The Labute approximate surface area is 207 Å². The van der Waals surface area contributed by atoms with Crippen molar-refractivity contribution >= 4 is 22.6 Å². The van der Waals surface area contributed by atoms with E-state index < -0.39 is 17.6 Å². The zero-order valence-electron chi connectivity index (χ0n) is 19.9. The van der Waals surface area contributed by atoms with Gasteiger partial charge in [-0.25, -0.2) is 4.79 Å². The van der Waals surface area contributed by atoms with Crippen molar-refractivity contribution in [2.24, 2.45) is 0 Å². The van der Waals surface area contributed by atoms with Gasteiger partial charge in [0.2, 0.25) is 0 Å². The van der Waals surface area contributed by atoms with E-state index in [1.54, 1.807) is 55.6 Å². The monoisotopic (exact) mass is 483 g/mol. The zero-order valence-corrected chi connectivity index (χ0v) is 19.9. The Kier molecular flexibility index (Phi) is 6.21. The Morgan fingerprint density at radius 2 is 1.69 bits per heavy atom. The first-order valence-corrected chi connectivity index (χ1v) is 11.5. The molecule has 0 aliphatic carbocycles. The molecule has 36 heavy (non-hydrogen) atoms. The molecule has 5 rings (SSSR count). The summed E-state index contributed by atoms with van der Waals surface area (Å²) in [6, 6.07) is 21.4. The molecule has 0 bridgehead atoms. The maximum atomic E-state index is 13.5. The van der Waals surface area contributed by atoms with Gasteiger partial charge in [0.15, 0.2) is 6.10 Å². The first kappa shape index (κ1) is 23.2. The van der Waals surface area contributed by atoms with Crippen LogP contribution in [0.5, 0.6) is 17.2 Å². The van der Waals surface area contributed by atoms with Crippen LogP contribution in [0.4, 0.5) is 5.69 Å². The average molecular weight is 484 g/mol. The molecule has 0 fully saturated rings. The minimum Gasteiger partial charge on any atom is -0.497 e. The number of ether oxygens (including phenoxy) is 3. The summed E-state index contributed by atoms with van der Waals surface area (Å²) < 4.78 is 22.7. The smallest absolute Gasteiger partial charge is 0.344 e. The molecule has 2 heterocycles. The van der Waals surface area contributed by atoms with Crippen LogP contribution in [-0.2, 0) is 4.79 Å². The summed E-state index contributed by atoms with van der Waals surface area (Å²) >= 11 is 0. The molecule has 3 aromatic carbocycles. The van der Waals surface area contributed by atoms with Gasteiger partial charge in [-0.15, -0.1) is 0 Å². The van der Waals surface area contributed by atoms with Gasteiger partial charge in [0.1, 0.15) is 29.4 Å². The minimum absolute atomic E-state index is 0.319. The van der Waals surface area contributed by atoms with E-state index in [1.807, 2.05) is 31.2 Å². The standard InChI is InChI=1S/C29H25NO6/c1-17(2)16-34-21-12-8-18(9-13-21)24-25-26(22-6-4-5-7-23(22)35-29(25)32)36-27(24)28(31)30-19-10-14-20(33-3)15-11-19/h4-15,24,27H,1,16H2,2-3H3,(H,30,31)/t24-,27-/m1/s1. The van der Waals surface area contributed by atoms with Crippen molar-refractivity contribution in [3.8, 4) is 17.2 Å². The summed E-state index contributed by atoms with van der Waals surface area (Å²) in [4.78, 5) is 26.6. The maximum absolute atomic E-state index is 13.5. The van der Waals surface area contributed by atoms with Crippen molar-refractivity contribution in [2.75, 3.05) is 19.0 Å². The van der Waals surface area contributed by atoms with Gasteiger partial charge in [0.25, 0.3) is 5.91 Å². The molecule has 182 valence electrons. The largest absolute Gasteiger partial charge is 0.497 e. The Balaban J connectivity index is 1.54. The third-order valence-electron chi connectivity index (χ3n) is 6.00. The normalized spacial score (nSPS) is 16.2. The summed E-state index contributed by atoms with van der Waals surface area (Å²) in [5, 5.41) is 3.53. The number of carbonyl (C=O) groups is 1. The summed E-state index contributed by atoms with van der Waals surface area (Å²) in [6.45, 7) is 6.13. The molecule has 0 saturated heterocycles. The van der Waals surface area contributed by atoms with E-state index in [2.05, 4.69) is 11.9 Å². The van der Waals surface area contributed by atoms with Crippen molar-refractivity contribution in [3.05, 3.63) is 106 Å². The van der Waals surface area contributed by atoms with E-state index in [-0.39, 0.29) is 5.91 Å². The number of benzene rings is 3. The van der Waals surface area contributed by atoms with Gasteiger partial charge < -0.3 is 23.9 Å². The molecule has 7 nitrogen and oxygen atoms in total. The molecular weight excluding hydrogens is 458 g/mol. The second kappa shape index (κ2) is 9.62. The predicted octanol–water partition coefficient (Wildman–Crippen LogP) is 5.29. The zero-order chi connectivity index (χ0) is 25.2. The van der Waals surface area contributed by atoms with Crippen LogP contribution in [-0.4, -0.2) is 25.7 Å². The Morgan fingerprint density at radius 1 is 1.00 bits per heavy atom. The van der Waals surface area contributed by atoms with E-state index in [1.165, 1.54) is 0 Å². The molecule has 0 radical (unpaired) electrons. The number of carbonyl (C=O) groups excluding carboxylic acids is 1. The highest BCUT2D eigenvalue weighted by Crippen LogP contribution is 2.44. The fraction of sp³-hybridized carbons (Fsp3) is 0.172. The van der Waals surface area contributed by atoms with Crippen molar-refractivity contribution in [2.45, 2.75) is 18.9 Å². The van der Waals surface area contributed by atoms with Crippen LogP contribution in [0.15, 0.2) is 94.2 Å². The van der Waals surface area contributed by atoms with Crippen LogP contribution in [0.2, 0.25) is 0 Å². The van der Waals surface area contributed by atoms with Gasteiger partial charge in [-0.1, -0.05) is 30.8 Å². The first-order valence-electron chi connectivity index (χ1n) is 11.5. The van der Waals surface area contributed by atoms with Crippen LogP contribution in [0.1, 0.15) is 24.0 Å². The van der Waals surface area contributed by atoms with Crippen LogP contribution in [0.25, 0.3) is 11.0 Å². The molecule has 1 aromatic heterocycles. The summed E-state index contributed by atoms with van der Waals surface area (Å²) in [6.07, 6.45) is -0.988. The second-order valence-corrected chi connectivity index (χ2v) is 8.68. The third-order valence-corrected chi connectivity index (χ3v) is 6.00. The van der Waals surface area contributed by atoms with E-state index in [9.17, 15) is 9.59 Å². The number of amides is 1. The van der Waals surface area contributed by atoms with Gasteiger partial charge in [0, 0.05) is 5.69 Å². The summed E-state index contributed by atoms with van der Waals surface area (Å²) in [7, 11) is 1.58. The SMILES string of the molecule is C=C(C)COc1ccc([C@@H]2c3c(c4ccccc4oc3=O)O[C@H]2C(=O)Nc2ccc(OC)cc2)cc1. The fourth-order valence-electron chi connectivity index (χ4n) is 4.29. The third kappa shape index (κ3) is 4.43. The number of methoxy groups -OCH3 is 1. The Hall–Kier alpha value is -4.52. The van der Waals surface area contributed by atoms with Gasteiger partial charge in [0.05, 0.1) is 24.0 Å². The maximum Gasteiger partial charge on any atom is 0.344 e. The highest BCUT2D eigenvalue weighted by molar-refractivity contribution is 5.97. The number of rotatable bonds is 7. The molecule has 1 aliphatic rings. The summed E-state index contributed by atoms with van der Waals surface area (Å²) in [5.74, 6) is 0.644. The lowest BCUT2D eigenvalue weighted by molar-refractivity contribution is -0.122. The van der Waals surface area contributed by atoms with Gasteiger partial charge >= 0.3 is 5.63 Å². The fourth-order valence-corrected chi connectivity index (χ4v) is 4.29. The molecule has 0 spiro atoms. The predicted molar refractivity (Wildman–Crippen MR) is 137 cm³/mol. The van der Waals surface area contributed by atoms with Crippen LogP contribution >= 0.6 is 0 Å². The van der Waals surface area contributed by atoms with Crippen LogP contribution < -0.4 is 25.2 Å². The minimum atomic E-state index is -0.988. The lowest BCUT2D eigenvalue weighted by atomic mass is 9.88. The number of fused-ring (bicyclic) bond motifs is 3. The van der Waals surface area contributed by atoms with Crippen molar-refractivity contribution in [1.29, 1.82) is 0 Å². The van der Waals surface area contributed by atoms with E-state index in [4.69, 9.17) is 18.6 Å². The Bertz CT molecular complexity index is 1490. The number of anilines is 1. The molecular formula is C29H25NO6. The van der Waals surface area contributed by atoms with Crippen molar-refractivity contribution in [1.82, 2.24) is 0 Å². The number of hydrogen-bond acceptors (Lipinski definition) is 6. The topological polar surface area (TPSA) is 87.0 Å². The highest BCUT2D eigenvalue weighted by Gasteiger charge is 2.44. The molecule has 0 unspecified atom stereocenters. The van der Waals surface area contributed by atoms with Crippen molar-refractivity contribution in [3.63, 3.8) is 0 Å². The van der Waals surface area contributed by atoms with E-state index in [0.29, 0.717) is 46.1 Å². The lowest BCUT2D eigenvalue weighted by Crippen LogP contribution is -2.35. The van der Waals surface area contributed by atoms with Crippen LogP contribution in [0.3, 0.4) is 0 Å². The first-order chi connectivity index (χ1) is 17.4. The quantitative estimate of drug-likeness (QED) is 0.284. The molecule has 1 amide bonds. The van der Waals surface area contributed by atoms with Gasteiger partial charge in [-0.2, -0.15) is 0 Å². The number of nitrogens with one attached hydrogen (secondary N) is 1. The summed E-state index contributed by atoms with van der Waals surface area (Å²) in [5.41, 5.74) is 2.40. The molecule has 4 aromatic rings. The van der Waals surface area contributed by atoms with E-state index >= 15 is 0 Å². The second-order valence-electron chi connectivity index (χ2n) is 8.68. The average Bonchev–Trinajstić information content (AvgIpc) is 3.30. The highest BCUT2D eigenvalue weighted by atomic mass is 16.5. The number of para-hydroxylation sites is 1. The van der Waals surface area contributed by atoms with E-state index in [0.717, 1.165) is 11.1 Å². The van der Waals surface area contributed by atoms with Gasteiger partial charge in [-0.05, 0) is 66.6 Å². The molecule has 0 saturated carbocycles. The molecule has 2 atom stereocenters. The molecule has 1 N–H and O–H groups in total. The lowest BCUT2D eigenvalue weighted by Gasteiger charge is -2.19. The van der Waals surface area contributed by atoms with Gasteiger partial charge in [-0.3, -0.25) is 4.79 Å². The van der Waals surface area contributed by atoms with Crippen LogP contribution in [0, 0.1) is 0 Å². The molecule has 1 aliphatic heterocycles. The molecule has 7 heteroatoms. The number of hydrogen-bond donors (Lipinski definition) is 1.